The summed E-state index contributed by atoms with van der Waals surface area (Å²) in [7, 11) is 2.06. The molecule has 1 aromatic rings. The molecule has 0 atom stereocenters. The number of nitrogens with zero attached hydrogens (tertiary/aromatic N) is 1. The second kappa shape index (κ2) is 8.59. The van der Waals surface area contributed by atoms with Gasteiger partial charge in [-0.05, 0) is 46.0 Å². The van der Waals surface area contributed by atoms with E-state index in [1.54, 1.807) is 11.4 Å². The number of nitrogens with one attached hydrogen (secondary N) is 1. The molecule has 21 heavy (non-hydrogen) atoms. The standard InChI is InChI=1S/C15H22N2O3S/c1-11(2)17(3)8-4-7-16-15(20)12-9-13(21-10-12)5-6-14(18)19/h5-6,9-11H,4,7-8H2,1-3H3,(H,16,20)(H,18,19)/b6-5+. The van der Waals surface area contributed by atoms with Crippen LogP contribution in [-0.2, 0) is 4.79 Å². The van der Waals surface area contributed by atoms with E-state index in [0.29, 0.717) is 18.2 Å². The van der Waals surface area contributed by atoms with E-state index >= 15 is 0 Å². The van der Waals surface area contributed by atoms with Crippen LogP contribution < -0.4 is 5.32 Å². The van der Waals surface area contributed by atoms with E-state index in [-0.39, 0.29) is 5.91 Å². The topological polar surface area (TPSA) is 69.6 Å². The number of amides is 1. The molecule has 0 fully saturated rings. The van der Waals surface area contributed by atoms with Gasteiger partial charge in [-0.15, -0.1) is 11.3 Å². The summed E-state index contributed by atoms with van der Waals surface area (Å²) in [6, 6.07) is 2.20. The van der Waals surface area contributed by atoms with Crippen LogP contribution in [0.15, 0.2) is 17.5 Å². The Kier molecular flexibility index (Phi) is 7.11. The number of rotatable bonds is 8. The maximum absolute atomic E-state index is 11.9. The summed E-state index contributed by atoms with van der Waals surface area (Å²) in [6.07, 6.45) is 3.45. The fourth-order valence-corrected chi connectivity index (χ4v) is 2.38. The number of thiophene rings is 1. The lowest BCUT2D eigenvalue weighted by atomic mass is 10.2. The third kappa shape index (κ3) is 6.55. The Morgan fingerprint density at radius 3 is 2.81 bits per heavy atom. The van der Waals surface area contributed by atoms with Crippen LogP contribution in [0.3, 0.4) is 0 Å². The Hall–Kier alpha value is -1.66. The minimum Gasteiger partial charge on any atom is -0.478 e. The molecule has 0 saturated carbocycles. The maximum atomic E-state index is 11.9. The van der Waals surface area contributed by atoms with Gasteiger partial charge >= 0.3 is 5.97 Å². The molecule has 0 aliphatic heterocycles. The highest BCUT2D eigenvalue weighted by atomic mass is 32.1. The molecule has 0 unspecified atom stereocenters. The zero-order valence-corrected chi connectivity index (χ0v) is 13.4. The Morgan fingerprint density at radius 1 is 1.48 bits per heavy atom. The van der Waals surface area contributed by atoms with Gasteiger partial charge in [0, 0.05) is 28.9 Å². The van der Waals surface area contributed by atoms with E-state index in [1.165, 1.54) is 17.4 Å². The molecule has 0 bridgehead atoms. The molecule has 1 amide bonds. The first-order valence-electron chi connectivity index (χ1n) is 6.88. The van der Waals surface area contributed by atoms with Gasteiger partial charge in [0.15, 0.2) is 0 Å². The lowest BCUT2D eigenvalue weighted by Crippen LogP contribution is -2.31. The Bertz CT molecular complexity index is 509. The van der Waals surface area contributed by atoms with Crippen LogP contribution in [0.2, 0.25) is 0 Å². The molecule has 116 valence electrons. The van der Waals surface area contributed by atoms with Crippen molar-refractivity contribution in [1.29, 1.82) is 0 Å². The van der Waals surface area contributed by atoms with Crippen molar-refractivity contribution in [2.24, 2.45) is 0 Å². The largest absolute Gasteiger partial charge is 0.478 e. The SMILES string of the molecule is CC(C)N(C)CCCNC(=O)c1csc(/C=C/C(=O)O)c1. The van der Waals surface area contributed by atoms with Crippen molar-refractivity contribution >= 4 is 29.3 Å². The summed E-state index contributed by atoms with van der Waals surface area (Å²) < 4.78 is 0. The molecule has 5 nitrogen and oxygen atoms in total. The van der Waals surface area contributed by atoms with E-state index in [9.17, 15) is 9.59 Å². The van der Waals surface area contributed by atoms with E-state index in [0.717, 1.165) is 23.9 Å². The van der Waals surface area contributed by atoms with Crippen LogP contribution >= 0.6 is 11.3 Å². The molecule has 1 rings (SSSR count). The Labute approximate surface area is 129 Å². The summed E-state index contributed by atoms with van der Waals surface area (Å²) in [5, 5.41) is 13.2. The number of aliphatic carboxylic acids is 1. The summed E-state index contributed by atoms with van der Waals surface area (Å²) >= 11 is 1.35. The quantitative estimate of drug-likeness (QED) is 0.571. The highest BCUT2D eigenvalue weighted by molar-refractivity contribution is 7.11. The second-order valence-corrected chi connectivity index (χ2v) is 6.04. The van der Waals surface area contributed by atoms with Crippen LogP contribution in [0.5, 0.6) is 0 Å². The van der Waals surface area contributed by atoms with Crippen molar-refractivity contribution in [2.75, 3.05) is 20.1 Å². The van der Waals surface area contributed by atoms with Crippen LogP contribution in [-0.4, -0.2) is 48.1 Å². The van der Waals surface area contributed by atoms with Crippen molar-refractivity contribution in [1.82, 2.24) is 10.2 Å². The number of carboxylic acids is 1. The summed E-state index contributed by atoms with van der Waals surface area (Å²) in [6.45, 7) is 5.84. The van der Waals surface area contributed by atoms with Crippen molar-refractivity contribution in [3.05, 3.63) is 28.0 Å². The molecule has 0 aliphatic carbocycles. The number of hydrogen-bond donors (Lipinski definition) is 2. The molecule has 0 spiro atoms. The lowest BCUT2D eigenvalue weighted by Gasteiger charge is -2.20. The van der Waals surface area contributed by atoms with Gasteiger partial charge in [-0.1, -0.05) is 0 Å². The fraction of sp³-hybridized carbons (Fsp3) is 0.467. The van der Waals surface area contributed by atoms with Gasteiger partial charge in [0.25, 0.3) is 5.91 Å². The first kappa shape index (κ1) is 17.4. The van der Waals surface area contributed by atoms with Crippen LogP contribution in [0, 0.1) is 0 Å². The minimum atomic E-state index is -0.997. The second-order valence-electron chi connectivity index (χ2n) is 5.09. The van der Waals surface area contributed by atoms with Gasteiger partial charge in [0.2, 0.25) is 0 Å². The summed E-state index contributed by atoms with van der Waals surface area (Å²) in [4.78, 5) is 25.3. The van der Waals surface area contributed by atoms with Gasteiger partial charge in [0.05, 0.1) is 5.56 Å². The van der Waals surface area contributed by atoms with Crippen molar-refractivity contribution in [3.8, 4) is 0 Å². The highest BCUT2D eigenvalue weighted by Gasteiger charge is 2.08. The number of hydrogen-bond acceptors (Lipinski definition) is 4. The van der Waals surface area contributed by atoms with E-state index in [2.05, 4.69) is 31.1 Å². The molecule has 2 N–H and O–H groups in total. The lowest BCUT2D eigenvalue weighted by molar-refractivity contribution is -0.131. The highest BCUT2D eigenvalue weighted by Crippen LogP contribution is 2.16. The number of carbonyl (C=O) groups is 2. The monoisotopic (exact) mass is 310 g/mol. The molecular formula is C15H22N2O3S. The van der Waals surface area contributed by atoms with E-state index < -0.39 is 5.97 Å². The maximum Gasteiger partial charge on any atom is 0.328 e. The average Bonchev–Trinajstić information content (AvgIpc) is 2.89. The number of carbonyl (C=O) groups excluding carboxylic acids is 1. The fourth-order valence-electron chi connectivity index (χ4n) is 1.60. The zero-order valence-electron chi connectivity index (χ0n) is 12.6. The van der Waals surface area contributed by atoms with Gasteiger partial charge in [-0.25, -0.2) is 4.79 Å². The van der Waals surface area contributed by atoms with Gasteiger partial charge in [-0.3, -0.25) is 4.79 Å². The third-order valence-corrected chi connectivity index (χ3v) is 4.02. The molecule has 6 heteroatoms. The van der Waals surface area contributed by atoms with Gasteiger partial charge < -0.3 is 15.3 Å². The summed E-state index contributed by atoms with van der Waals surface area (Å²) in [5.74, 6) is -1.11. The molecule has 0 aromatic carbocycles. The summed E-state index contributed by atoms with van der Waals surface area (Å²) in [5.41, 5.74) is 0.572. The van der Waals surface area contributed by atoms with Gasteiger partial charge in [-0.2, -0.15) is 0 Å². The Balaban J connectivity index is 2.37. The predicted octanol–water partition coefficient (Wildman–Crippen LogP) is 2.31. The molecule has 0 saturated heterocycles. The zero-order chi connectivity index (χ0) is 15.8. The van der Waals surface area contributed by atoms with E-state index in [1.807, 2.05) is 0 Å². The Morgan fingerprint density at radius 2 is 2.19 bits per heavy atom. The first-order valence-corrected chi connectivity index (χ1v) is 7.76. The minimum absolute atomic E-state index is 0.117. The van der Waals surface area contributed by atoms with Crippen molar-refractivity contribution in [2.45, 2.75) is 26.3 Å². The van der Waals surface area contributed by atoms with Crippen molar-refractivity contribution in [3.63, 3.8) is 0 Å². The molecular weight excluding hydrogens is 288 g/mol. The molecule has 1 aromatic heterocycles. The van der Waals surface area contributed by atoms with Crippen molar-refractivity contribution < 1.29 is 14.7 Å². The molecule has 0 aliphatic rings. The first-order chi connectivity index (χ1) is 9.90. The average molecular weight is 310 g/mol. The molecule has 1 heterocycles. The van der Waals surface area contributed by atoms with Crippen LogP contribution in [0.4, 0.5) is 0 Å². The third-order valence-electron chi connectivity index (χ3n) is 3.13. The number of carboxylic acid groups (broad SMARTS) is 1. The van der Waals surface area contributed by atoms with Crippen LogP contribution in [0.25, 0.3) is 6.08 Å². The predicted molar refractivity (Wildman–Crippen MR) is 85.7 cm³/mol. The smallest absolute Gasteiger partial charge is 0.328 e. The van der Waals surface area contributed by atoms with Crippen LogP contribution in [0.1, 0.15) is 35.5 Å². The molecule has 0 radical (unpaired) electrons. The van der Waals surface area contributed by atoms with Gasteiger partial charge in [0.1, 0.15) is 0 Å². The normalized spacial score (nSPS) is 11.5. The van der Waals surface area contributed by atoms with E-state index in [4.69, 9.17) is 5.11 Å².